The summed E-state index contributed by atoms with van der Waals surface area (Å²) >= 11 is 0. The molecule has 1 saturated heterocycles. The Hall–Kier alpha value is -2.83. The van der Waals surface area contributed by atoms with E-state index in [1.165, 1.54) is 0 Å². The van der Waals surface area contributed by atoms with Crippen LogP contribution < -0.4 is 10.2 Å². The summed E-state index contributed by atoms with van der Waals surface area (Å²) in [5.41, 5.74) is 2.44. The van der Waals surface area contributed by atoms with Gasteiger partial charge in [0.1, 0.15) is 5.70 Å². The van der Waals surface area contributed by atoms with Crippen LogP contribution in [-0.4, -0.2) is 67.8 Å². The van der Waals surface area contributed by atoms with Gasteiger partial charge in [0.25, 0.3) is 5.91 Å². The van der Waals surface area contributed by atoms with Crippen LogP contribution in [0.5, 0.6) is 0 Å². The molecule has 0 saturated carbocycles. The molecule has 0 bridgehead atoms. The fraction of sp³-hybridized carbons (Fsp3) is 0.389. The lowest BCUT2D eigenvalue weighted by Gasteiger charge is -2.34. The first-order valence-corrected chi connectivity index (χ1v) is 8.33. The molecule has 0 aromatic heterocycles. The lowest BCUT2D eigenvalue weighted by Crippen LogP contribution is -2.52. The summed E-state index contributed by atoms with van der Waals surface area (Å²) in [5, 5.41) is 2.82. The highest BCUT2D eigenvalue weighted by molar-refractivity contribution is 6.13. The van der Waals surface area contributed by atoms with Crippen molar-refractivity contribution in [3.05, 3.63) is 35.5 Å². The van der Waals surface area contributed by atoms with Gasteiger partial charge in [-0.15, -0.1) is 0 Å². The number of piperazine rings is 1. The molecule has 25 heavy (non-hydrogen) atoms. The molecule has 0 aliphatic carbocycles. The predicted octanol–water partition coefficient (Wildman–Crippen LogP) is 0.743. The van der Waals surface area contributed by atoms with E-state index in [0.717, 1.165) is 11.3 Å². The summed E-state index contributed by atoms with van der Waals surface area (Å²) in [4.78, 5) is 33.9. The average Bonchev–Trinajstić information content (AvgIpc) is 2.96. The molecule has 0 spiro atoms. The van der Waals surface area contributed by atoms with E-state index < -0.39 is 0 Å². The van der Waals surface area contributed by atoms with Gasteiger partial charge in [-0.2, -0.15) is 0 Å². The molecule has 2 amide bonds. The minimum absolute atomic E-state index is 0.0822. The summed E-state index contributed by atoms with van der Waals surface area (Å²) < 4.78 is 0. The highest BCUT2D eigenvalue weighted by atomic mass is 16.2. The Morgan fingerprint density at radius 2 is 1.80 bits per heavy atom. The third kappa shape index (κ3) is 3.81. The number of hydrogen-bond acceptors (Lipinski definition) is 5. The second-order valence-electron chi connectivity index (χ2n) is 6.40. The molecule has 2 aliphatic heterocycles. The molecule has 3 rings (SSSR count). The van der Waals surface area contributed by atoms with Gasteiger partial charge in [0.15, 0.2) is 0 Å². The van der Waals surface area contributed by atoms with Gasteiger partial charge in [0.2, 0.25) is 11.9 Å². The van der Waals surface area contributed by atoms with E-state index in [-0.39, 0.29) is 11.8 Å². The summed E-state index contributed by atoms with van der Waals surface area (Å²) in [5.74, 6) is 0.462. The summed E-state index contributed by atoms with van der Waals surface area (Å²) in [6.07, 6.45) is 1.79. The van der Waals surface area contributed by atoms with Crippen molar-refractivity contribution in [2.75, 3.05) is 45.2 Å². The van der Waals surface area contributed by atoms with E-state index in [4.69, 9.17) is 0 Å². The molecule has 2 heterocycles. The lowest BCUT2D eigenvalue weighted by atomic mass is 10.1. The van der Waals surface area contributed by atoms with Crippen molar-refractivity contribution in [1.29, 1.82) is 0 Å². The third-order valence-electron chi connectivity index (χ3n) is 4.42. The maximum absolute atomic E-state index is 12.2. The molecule has 0 unspecified atom stereocenters. The maximum Gasteiger partial charge on any atom is 0.276 e. The molecule has 7 nitrogen and oxygen atoms in total. The minimum atomic E-state index is -0.194. The van der Waals surface area contributed by atoms with E-state index in [1.807, 2.05) is 48.2 Å². The van der Waals surface area contributed by atoms with Crippen LogP contribution in [-0.2, 0) is 9.59 Å². The number of amides is 2. The second-order valence-corrected chi connectivity index (χ2v) is 6.40. The van der Waals surface area contributed by atoms with Gasteiger partial charge in [-0.05, 0) is 23.8 Å². The molecule has 1 N–H and O–H groups in total. The Morgan fingerprint density at radius 3 is 2.36 bits per heavy atom. The van der Waals surface area contributed by atoms with Crippen molar-refractivity contribution in [3.8, 4) is 0 Å². The van der Waals surface area contributed by atoms with E-state index in [2.05, 4.69) is 10.3 Å². The molecule has 2 aliphatic rings. The van der Waals surface area contributed by atoms with Gasteiger partial charge >= 0.3 is 0 Å². The monoisotopic (exact) mass is 341 g/mol. The maximum atomic E-state index is 12.2. The topological polar surface area (TPSA) is 68.2 Å². The minimum Gasteiger partial charge on any atom is -0.378 e. The lowest BCUT2D eigenvalue weighted by molar-refractivity contribution is -0.130. The van der Waals surface area contributed by atoms with Crippen LogP contribution in [0.1, 0.15) is 12.5 Å². The van der Waals surface area contributed by atoms with E-state index >= 15 is 0 Å². The third-order valence-corrected chi connectivity index (χ3v) is 4.42. The van der Waals surface area contributed by atoms with Gasteiger partial charge < -0.3 is 14.7 Å². The Morgan fingerprint density at radius 1 is 1.16 bits per heavy atom. The highest BCUT2D eigenvalue weighted by Crippen LogP contribution is 2.17. The highest BCUT2D eigenvalue weighted by Gasteiger charge is 2.27. The van der Waals surface area contributed by atoms with Crippen molar-refractivity contribution >= 4 is 29.5 Å². The Bertz CT molecular complexity index is 728. The number of anilines is 1. The molecule has 1 fully saturated rings. The van der Waals surface area contributed by atoms with Crippen LogP contribution in [0.3, 0.4) is 0 Å². The van der Waals surface area contributed by atoms with Crippen LogP contribution in [0.15, 0.2) is 35.0 Å². The zero-order valence-corrected chi connectivity index (χ0v) is 14.8. The first kappa shape index (κ1) is 17.0. The summed E-state index contributed by atoms with van der Waals surface area (Å²) in [6.45, 7) is 4.21. The number of nitrogens with zero attached hydrogens (tertiary/aromatic N) is 4. The van der Waals surface area contributed by atoms with Crippen molar-refractivity contribution in [2.45, 2.75) is 6.92 Å². The van der Waals surface area contributed by atoms with Gasteiger partial charge in [-0.1, -0.05) is 12.1 Å². The number of guanidine groups is 1. The SMILES string of the molecule is CC(=O)N1CCN(C2=N/C(=C\c3ccc(N(C)C)cc3)C(=O)N2)CC1. The first-order valence-electron chi connectivity index (χ1n) is 8.33. The van der Waals surface area contributed by atoms with E-state index in [9.17, 15) is 9.59 Å². The van der Waals surface area contributed by atoms with E-state index in [1.54, 1.807) is 17.9 Å². The standard InChI is InChI=1S/C18H23N5O2/c1-13(24)22-8-10-23(11-9-22)18-19-16(17(25)20-18)12-14-4-6-15(7-5-14)21(2)3/h4-7,12H,8-11H2,1-3H3,(H,19,20,25)/b16-12-. The van der Waals surface area contributed by atoms with Gasteiger partial charge in [-0.3, -0.25) is 14.9 Å². The Kier molecular flexibility index (Phi) is 4.74. The smallest absolute Gasteiger partial charge is 0.276 e. The zero-order valence-electron chi connectivity index (χ0n) is 14.8. The first-order chi connectivity index (χ1) is 11.9. The number of aliphatic imine (C=N–C) groups is 1. The molecular weight excluding hydrogens is 318 g/mol. The fourth-order valence-corrected chi connectivity index (χ4v) is 2.87. The normalized spacial score (nSPS) is 19.1. The average molecular weight is 341 g/mol. The molecule has 7 heteroatoms. The van der Waals surface area contributed by atoms with Gasteiger partial charge in [0.05, 0.1) is 0 Å². The Labute approximate surface area is 147 Å². The zero-order chi connectivity index (χ0) is 18.0. The van der Waals surface area contributed by atoms with Crippen molar-refractivity contribution < 1.29 is 9.59 Å². The molecule has 0 radical (unpaired) electrons. The second kappa shape index (κ2) is 6.96. The molecule has 132 valence electrons. The van der Waals surface area contributed by atoms with Crippen LogP contribution in [0, 0.1) is 0 Å². The number of rotatable bonds is 2. The van der Waals surface area contributed by atoms with Gasteiger partial charge in [0, 0.05) is 52.9 Å². The number of benzene rings is 1. The van der Waals surface area contributed by atoms with E-state index in [0.29, 0.717) is 37.8 Å². The van der Waals surface area contributed by atoms with Crippen LogP contribution in [0.4, 0.5) is 5.69 Å². The molecular formula is C18H23N5O2. The quantitative estimate of drug-likeness (QED) is 0.806. The van der Waals surface area contributed by atoms with Gasteiger partial charge in [-0.25, -0.2) is 4.99 Å². The fourth-order valence-electron chi connectivity index (χ4n) is 2.87. The van der Waals surface area contributed by atoms with Crippen molar-refractivity contribution in [1.82, 2.24) is 15.1 Å². The van der Waals surface area contributed by atoms with Crippen molar-refractivity contribution in [3.63, 3.8) is 0 Å². The Balaban J connectivity index is 1.71. The largest absolute Gasteiger partial charge is 0.378 e. The number of carbonyl (C=O) groups is 2. The summed E-state index contributed by atoms with van der Waals surface area (Å²) in [7, 11) is 3.97. The molecule has 0 atom stereocenters. The molecule has 1 aromatic rings. The van der Waals surface area contributed by atoms with Crippen LogP contribution >= 0.6 is 0 Å². The van der Waals surface area contributed by atoms with Crippen molar-refractivity contribution in [2.24, 2.45) is 4.99 Å². The number of carbonyl (C=O) groups excluding carboxylic acids is 2. The number of hydrogen-bond donors (Lipinski definition) is 1. The predicted molar refractivity (Wildman–Crippen MR) is 98.2 cm³/mol. The molecule has 1 aromatic carbocycles. The summed E-state index contributed by atoms with van der Waals surface area (Å²) in [6, 6.07) is 7.94. The number of nitrogens with one attached hydrogen (secondary N) is 1. The van der Waals surface area contributed by atoms with Crippen LogP contribution in [0.25, 0.3) is 6.08 Å². The van der Waals surface area contributed by atoms with Crippen LogP contribution in [0.2, 0.25) is 0 Å².